The van der Waals surface area contributed by atoms with Crippen LogP contribution >= 0.6 is 23.4 Å². The average molecular weight is 459 g/mol. The topological polar surface area (TPSA) is 51.1 Å². The Labute approximate surface area is 193 Å². The molecule has 1 aliphatic rings. The van der Waals surface area contributed by atoms with Crippen LogP contribution in [0.15, 0.2) is 58.4 Å². The van der Waals surface area contributed by atoms with Crippen LogP contribution in [-0.2, 0) is 9.53 Å². The van der Waals surface area contributed by atoms with Crippen LogP contribution in [0.3, 0.4) is 0 Å². The van der Waals surface area contributed by atoms with E-state index >= 15 is 0 Å². The summed E-state index contributed by atoms with van der Waals surface area (Å²) in [6, 6.07) is 15.2. The summed E-state index contributed by atoms with van der Waals surface area (Å²) in [4.78, 5) is 20.1. The summed E-state index contributed by atoms with van der Waals surface area (Å²) in [6.45, 7) is 5.20. The number of carbonyl (C=O) groups excluding carboxylic acids is 1. The summed E-state index contributed by atoms with van der Waals surface area (Å²) in [5.41, 5.74) is 1.65. The Kier molecular flexibility index (Phi) is 8.58. The van der Waals surface area contributed by atoms with Gasteiger partial charge in [0.1, 0.15) is 5.75 Å². The number of hydrogen-bond acceptors (Lipinski definition) is 5. The number of amides is 1. The highest BCUT2D eigenvalue weighted by Gasteiger charge is 2.33. The van der Waals surface area contributed by atoms with Crippen LogP contribution in [0.5, 0.6) is 5.75 Å². The van der Waals surface area contributed by atoms with Gasteiger partial charge in [0.25, 0.3) is 5.91 Å². The number of thioether (sulfide) groups is 1. The van der Waals surface area contributed by atoms with Crippen LogP contribution < -0.4 is 4.74 Å². The van der Waals surface area contributed by atoms with Crippen LogP contribution in [0.25, 0.3) is 6.08 Å². The van der Waals surface area contributed by atoms with Gasteiger partial charge in [-0.25, -0.2) is 4.99 Å². The zero-order valence-corrected chi connectivity index (χ0v) is 19.6. The van der Waals surface area contributed by atoms with E-state index in [-0.39, 0.29) is 12.0 Å². The van der Waals surface area contributed by atoms with Gasteiger partial charge in [-0.05, 0) is 67.4 Å². The highest BCUT2D eigenvalue weighted by Crippen LogP contribution is 2.35. The van der Waals surface area contributed by atoms with Crippen LogP contribution in [-0.4, -0.2) is 42.3 Å². The predicted molar refractivity (Wildman–Crippen MR) is 129 cm³/mol. The number of para-hydroxylation sites is 1. The molecule has 1 atom stereocenters. The van der Waals surface area contributed by atoms with Gasteiger partial charge < -0.3 is 9.47 Å². The van der Waals surface area contributed by atoms with E-state index < -0.39 is 0 Å². The molecule has 7 heteroatoms. The monoisotopic (exact) mass is 458 g/mol. The molecule has 0 unspecified atom stereocenters. The van der Waals surface area contributed by atoms with Crippen molar-refractivity contribution in [3.63, 3.8) is 0 Å². The van der Waals surface area contributed by atoms with Gasteiger partial charge in [-0.3, -0.25) is 9.69 Å². The van der Waals surface area contributed by atoms with Crippen molar-refractivity contribution in [2.75, 3.05) is 20.3 Å². The van der Waals surface area contributed by atoms with Crippen molar-refractivity contribution in [3.05, 3.63) is 64.0 Å². The lowest BCUT2D eigenvalue weighted by Gasteiger charge is -2.15. The van der Waals surface area contributed by atoms with Crippen molar-refractivity contribution in [1.29, 1.82) is 0 Å². The molecule has 0 radical (unpaired) electrons. The van der Waals surface area contributed by atoms with E-state index in [1.54, 1.807) is 12.0 Å². The zero-order valence-electron chi connectivity index (χ0n) is 18.0. The lowest BCUT2D eigenvalue weighted by atomic mass is 10.2. The normalized spacial score (nSPS) is 17.5. The predicted octanol–water partition coefficient (Wildman–Crippen LogP) is 6.16. The molecule has 5 nitrogen and oxygen atoms in total. The van der Waals surface area contributed by atoms with Crippen LogP contribution in [0.2, 0.25) is 5.02 Å². The Morgan fingerprint density at radius 3 is 2.68 bits per heavy atom. The molecular weight excluding hydrogens is 432 g/mol. The molecule has 1 fully saturated rings. The molecule has 2 aromatic rings. The first-order chi connectivity index (χ1) is 15.0. The molecule has 0 saturated carbocycles. The van der Waals surface area contributed by atoms with E-state index in [0.29, 0.717) is 34.0 Å². The van der Waals surface area contributed by atoms with Gasteiger partial charge in [-0.15, -0.1) is 0 Å². The maximum Gasteiger partial charge on any atom is 0.266 e. The fourth-order valence-electron chi connectivity index (χ4n) is 2.92. The van der Waals surface area contributed by atoms with Crippen molar-refractivity contribution in [1.82, 2.24) is 4.90 Å². The average Bonchev–Trinajstić information content (AvgIpc) is 3.05. The van der Waals surface area contributed by atoms with E-state index in [1.165, 1.54) is 11.8 Å². The molecule has 31 heavy (non-hydrogen) atoms. The fraction of sp³-hybridized carbons (Fsp3) is 0.333. The Morgan fingerprint density at radius 2 is 2.00 bits per heavy atom. The van der Waals surface area contributed by atoms with E-state index in [4.69, 9.17) is 26.1 Å². The third-order valence-electron chi connectivity index (χ3n) is 4.76. The van der Waals surface area contributed by atoms with Gasteiger partial charge in [-0.2, -0.15) is 0 Å². The molecule has 1 heterocycles. The summed E-state index contributed by atoms with van der Waals surface area (Å²) in [5, 5.41) is 1.20. The lowest BCUT2D eigenvalue weighted by Crippen LogP contribution is -2.30. The molecule has 0 aliphatic carbocycles. The van der Waals surface area contributed by atoms with Crippen molar-refractivity contribution >= 4 is 46.2 Å². The number of benzene rings is 2. The van der Waals surface area contributed by atoms with E-state index in [0.717, 1.165) is 24.1 Å². The number of hydrogen-bond donors (Lipinski definition) is 0. The Bertz CT molecular complexity index is 963. The Hall–Kier alpha value is -2.28. The minimum Gasteiger partial charge on any atom is -0.489 e. The zero-order chi connectivity index (χ0) is 22.2. The molecular formula is C24H27ClN2O3S. The third-order valence-corrected chi connectivity index (χ3v) is 6.06. The Balaban J connectivity index is 1.85. The van der Waals surface area contributed by atoms with Gasteiger partial charge in [0.2, 0.25) is 0 Å². The van der Waals surface area contributed by atoms with Gasteiger partial charge in [0.15, 0.2) is 5.17 Å². The minimum atomic E-state index is -0.0631. The van der Waals surface area contributed by atoms with E-state index in [1.807, 2.05) is 61.5 Å². The first-order valence-corrected chi connectivity index (χ1v) is 11.5. The molecule has 0 bridgehead atoms. The van der Waals surface area contributed by atoms with Crippen molar-refractivity contribution in [2.45, 2.75) is 32.8 Å². The number of nitrogens with zero attached hydrogens (tertiary/aromatic N) is 2. The minimum absolute atomic E-state index is 0.0631. The standard InChI is InChI=1S/C24H27ClN2O3S/c1-4-17(2)30-21-12-11-18(15-20(21)25)16-22-23(28)27(13-8-14-29-3)24(31-22)26-19-9-6-5-7-10-19/h5-7,9-12,15-17H,4,8,13-14H2,1-3H3/b22-16-,26-24?/t17-/m0/s1. The highest BCUT2D eigenvalue weighted by molar-refractivity contribution is 8.18. The number of ether oxygens (including phenoxy) is 2. The van der Waals surface area contributed by atoms with Gasteiger partial charge in [0, 0.05) is 20.3 Å². The maximum atomic E-state index is 13.1. The molecule has 164 valence electrons. The van der Waals surface area contributed by atoms with E-state index in [2.05, 4.69) is 6.92 Å². The third kappa shape index (κ3) is 6.35. The lowest BCUT2D eigenvalue weighted by molar-refractivity contribution is -0.122. The molecule has 1 aliphatic heterocycles. The van der Waals surface area contributed by atoms with Crippen molar-refractivity contribution < 1.29 is 14.3 Å². The summed E-state index contributed by atoms with van der Waals surface area (Å²) < 4.78 is 11.0. The number of carbonyl (C=O) groups is 1. The molecule has 0 aromatic heterocycles. The SMILES string of the molecule is CC[C@H](C)Oc1ccc(/C=C2\SC(=Nc3ccccc3)N(CCCOC)C2=O)cc1Cl. The molecule has 3 rings (SSSR count). The highest BCUT2D eigenvalue weighted by atomic mass is 35.5. The second-order valence-corrected chi connectivity index (χ2v) is 8.59. The summed E-state index contributed by atoms with van der Waals surface area (Å²) in [6.07, 6.45) is 3.57. The number of rotatable bonds is 9. The van der Waals surface area contributed by atoms with Gasteiger partial charge in [-0.1, -0.05) is 42.8 Å². The fourth-order valence-corrected chi connectivity index (χ4v) is 4.18. The van der Waals surface area contributed by atoms with Crippen LogP contribution in [0.1, 0.15) is 32.3 Å². The first kappa shape index (κ1) is 23.4. The van der Waals surface area contributed by atoms with Gasteiger partial charge >= 0.3 is 0 Å². The number of halogens is 1. The van der Waals surface area contributed by atoms with Crippen molar-refractivity contribution in [2.24, 2.45) is 4.99 Å². The maximum absolute atomic E-state index is 13.1. The molecule has 0 spiro atoms. The molecule has 0 N–H and O–H groups in total. The van der Waals surface area contributed by atoms with E-state index in [9.17, 15) is 4.79 Å². The van der Waals surface area contributed by atoms with Crippen LogP contribution in [0.4, 0.5) is 5.69 Å². The number of aliphatic imine (C=N–C) groups is 1. The number of methoxy groups -OCH3 is 1. The largest absolute Gasteiger partial charge is 0.489 e. The quantitative estimate of drug-likeness (QED) is 0.333. The number of amidine groups is 1. The molecule has 1 amide bonds. The van der Waals surface area contributed by atoms with Gasteiger partial charge in [0.05, 0.1) is 21.7 Å². The Morgan fingerprint density at radius 1 is 1.23 bits per heavy atom. The summed E-state index contributed by atoms with van der Waals surface area (Å²) in [5.74, 6) is 0.586. The molecule has 2 aromatic carbocycles. The second-order valence-electron chi connectivity index (χ2n) is 7.17. The molecule has 1 saturated heterocycles. The first-order valence-electron chi connectivity index (χ1n) is 10.3. The second kappa shape index (κ2) is 11.4. The smallest absolute Gasteiger partial charge is 0.266 e. The summed E-state index contributed by atoms with van der Waals surface area (Å²) >= 11 is 7.78. The summed E-state index contributed by atoms with van der Waals surface area (Å²) in [7, 11) is 1.66. The van der Waals surface area contributed by atoms with Crippen LogP contribution in [0, 0.1) is 0 Å². The van der Waals surface area contributed by atoms with Crippen molar-refractivity contribution in [3.8, 4) is 5.75 Å².